The lowest BCUT2D eigenvalue weighted by Crippen LogP contribution is -2.41. The smallest absolute Gasteiger partial charge is 0.239 e. The van der Waals surface area contributed by atoms with Crippen molar-refractivity contribution in [3.05, 3.63) is 0 Å². The standard InChI is InChI=1S/CH2ClNO3S2/c2-3-7(4)1-8(3,5)6/h1H2. The van der Waals surface area contributed by atoms with Gasteiger partial charge < -0.3 is 0 Å². The van der Waals surface area contributed by atoms with Crippen LogP contribution in [0, 0.1) is 0 Å². The molecule has 1 atom stereocenters. The van der Waals surface area contributed by atoms with Gasteiger partial charge in [-0.05, 0) is 3.23 Å². The van der Waals surface area contributed by atoms with Crippen molar-refractivity contribution in [2.45, 2.75) is 0 Å². The molecule has 1 unspecified atom stereocenters. The minimum atomic E-state index is -3.31. The molecule has 0 aromatic rings. The fraction of sp³-hybridized carbons (Fsp3) is 1.00. The Kier molecular flexibility index (Phi) is 1.34. The van der Waals surface area contributed by atoms with Gasteiger partial charge in [0.2, 0.25) is 0 Å². The van der Waals surface area contributed by atoms with Gasteiger partial charge in [-0.3, -0.25) is 0 Å². The molecule has 0 N–H and O–H groups in total. The highest BCUT2D eigenvalue weighted by atomic mass is 35.5. The molecule has 4 nitrogen and oxygen atoms in total. The molecule has 1 rings (SSSR count). The molecule has 7 heteroatoms. The first-order valence-corrected chi connectivity index (χ1v) is 4.83. The van der Waals surface area contributed by atoms with Gasteiger partial charge in [0.15, 0.2) is 5.08 Å². The Morgan fingerprint density at radius 1 is 1.62 bits per heavy atom. The van der Waals surface area contributed by atoms with E-state index >= 15 is 0 Å². The lowest BCUT2D eigenvalue weighted by molar-refractivity contribution is 0.571. The van der Waals surface area contributed by atoms with Crippen molar-refractivity contribution in [3.63, 3.8) is 0 Å². The second-order valence-electron chi connectivity index (χ2n) is 1.23. The van der Waals surface area contributed by atoms with Gasteiger partial charge in [-0.25, -0.2) is 12.6 Å². The van der Waals surface area contributed by atoms with Crippen LogP contribution in [-0.4, -0.2) is 20.9 Å². The molecule has 1 fully saturated rings. The van der Waals surface area contributed by atoms with Crippen molar-refractivity contribution in [1.29, 1.82) is 0 Å². The largest absolute Gasteiger partial charge is 0.252 e. The Labute approximate surface area is 54.2 Å². The molecule has 1 aliphatic rings. The lowest BCUT2D eigenvalue weighted by Gasteiger charge is -2.20. The topological polar surface area (TPSA) is 54.5 Å². The Balaban J connectivity index is 2.91. The predicted molar refractivity (Wildman–Crippen MR) is 29.6 cm³/mol. The molecule has 0 aliphatic carbocycles. The second-order valence-corrected chi connectivity index (χ2v) is 5.68. The van der Waals surface area contributed by atoms with E-state index in [1.54, 1.807) is 0 Å². The molecule has 8 heavy (non-hydrogen) atoms. The van der Waals surface area contributed by atoms with Gasteiger partial charge in [-0.15, -0.1) is 0 Å². The molecule has 0 spiro atoms. The van der Waals surface area contributed by atoms with Gasteiger partial charge >= 0.3 is 0 Å². The van der Waals surface area contributed by atoms with Gasteiger partial charge in [0.05, 0.1) is 0 Å². The number of nitrogens with zero attached hydrogens (tertiary/aromatic N) is 1. The normalized spacial score (nSPS) is 36.4. The van der Waals surface area contributed by atoms with Gasteiger partial charge in [-0.2, -0.15) is 0 Å². The summed E-state index contributed by atoms with van der Waals surface area (Å²) in [6.07, 6.45) is 0. The van der Waals surface area contributed by atoms with Crippen LogP contribution in [-0.2, 0) is 21.0 Å². The van der Waals surface area contributed by atoms with Crippen molar-refractivity contribution < 1.29 is 12.6 Å². The Hall–Kier alpha value is 0.350. The van der Waals surface area contributed by atoms with Gasteiger partial charge in [0.1, 0.15) is 11.0 Å². The summed E-state index contributed by atoms with van der Waals surface area (Å²) in [6, 6.07) is 0. The first kappa shape index (κ1) is 6.47. The van der Waals surface area contributed by atoms with Crippen LogP contribution >= 0.6 is 11.8 Å². The number of rotatable bonds is 0. The van der Waals surface area contributed by atoms with E-state index in [1.165, 1.54) is 0 Å². The molecule has 0 aromatic heterocycles. The van der Waals surface area contributed by atoms with Gasteiger partial charge in [-0.1, -0.05) is 0 Å². The average Bonchev–Trinajstić information content (AvgIpc) is 1.65. The van der Waals surface area contributed by atoms with Crippen LogP contribution in [0.5, 0.6) is 0 Å². The fourth-order valence-electron chi connectivity index (χ4n) is 0.286. The number of hydrogen-bond donors (Lipinski definition) is 0. The summed E-state index contributed by atoms with van der Waals surface area (Å²) < 4.78 is 31.0. The van der Waals surface area contributed by atoms with E-state index in [9.17, 15) is 12.6 Å². The molecule has 48 valence electrons. The molecule has 1 saturated heterocycles. The molecular weight excluding hydrogens is 174 g/mol. The highest BCUT2D eigenvalue weighted by Gasteiger charge is 2.40. The summed E-state index contributed by atoms with van der Waals surface area (Å²) >= 11 is 4.94. The average molecular weight is 176 g/mol. The van der Waals surface area contributed by atoms with Crippen LogP contribution < -0.4 is 0 Å². The van der Waals surface area contributed by atoms with Crippen LogP contribution in [0.1, 0.15) is 0 Å². The zero-order chi connectivity index (χ0) is 6.36. The molecule has 0 radical (unpaired) electrons. The van der Waals surface area contributed by atoms with Gasteiger partial charge in [0, 0.05) is 11.8 Å². The van der Waals surface area contributed by atoms with E-state index in [4.69, 9.17) is 11.8 Å². The molecule has 0 bridgehead atoms. The first-order chi connectivity index (χ1) is 3.54. The zero-order valence-electron chi connectivity index (χ0n) is 3.57. The van der Waals surface area contributed by atoms with E-state index in [0.717, 1.165) is 0 Å². The third-order valence-electron chi connectivity index (χ3n) is 0.629. The summed E-state index contributed by atoms with van der Waals surface area (Å²) in [4.78, 5) is 0. The quantitative estimate of drug-likeness (QED) is 0.463. The summed E-state index contributed by atoms with van der Waals surface area (Å²) in [5.41, 5.74) is 0. The van der Waals surface area contributed by atoms with Crippen molar-refractivity contribution in [2.75, 3.05) is 5.08 Å². The van der Waals surface area contributed by atoms with Crippen LogP contribution in [0.2, 0.25) is 0 Å². The van der Waals surface area contributed by atoms with Gasteiger partial charge in [0.25, 0.3) is 10.0 Å². The molecule has 0 amide bonds. The van der Waals surface area contributed by atoms with Crippen molar-refractivity contribution in [3.8, 4) is 0 Å². The Bertz CT molecular complexity index is 219. The predicted octanol–water partition coefficient (Wildman–Crippen LogP) is -0.593. The summed E-state index contributed by atoms with van der Waals surface area (Å²) in [6.45, 7) is 0. The number of halogens is 1. The fourth-order valence-corrected chi connectivity index (χ4v) is 3.29. The van der Waals surface area contributed by atoms with Crippen molar-refractivity contribution in [2.24, 2.45) is 0 Å². The molecular formula is CH2ClNO3S2. The van der Waals surface area contributed by atoms with E-state index in [2.05, 4.69) is 0 Å². The van der Waals surface area contributed by atoms with Crippen LogP contribution in [0.25, 0.3) is 0 Å². The summed E-state index contributed by atoms with van der Waals surface area (Å²) in [7, 11) is -4.81. The van der Waals surface area contributed by atoms with E-state index < -0.39 is 21.0 Å². The molecule has 1 aliphatic heterocycles. The molecule has 0 saturated carbocycles. The lowest BCUT2D eigenvalue weighted by atomic mass is 11.9. The minimum absolute atomic E-state index is 0.326. The van der Waals surface area contributed by atoms with E-state index in [1.807, 2.05) is 0 Å². The molecule has 1 heterocycles. The van der Waals surface area contributed by atoms with E-state index in [0.29, 0.717) is 3.23 Å². The Morgan fingerprint density at radius 2 is 2.12 bits per heavy atom. The van der Waals surface area contributed by atoms with E-state index in [-0.39, 0.29) is 5.08 Å². The highest BCUT2D eigenvalue weighted by molar-refractivity contribution is 8.18. The second kappa shape index (κ2) is 1.66. The maximum absolute atomic E-state index is 10.2. The number of sulfonamides is 1. The van der Waals surface area contributed by atoms with Crippen LogP contribution in [0.3, 0.4) is 0 Å². The summed E-state index contributed by atoms with van der Waals surface area (Å²) in [5, 5.41) is -0.337. The minimum Gasteiger partial charge on any atom is -0.239 e. The maximum atomic E-state index is 10.2. The van der Waals surface area contributed by atoms with Crippen LogP contribution in [0.15, 0.2) is 0 Å². The van der Waals surface area contributed by atoms with Crippen LogP contribution in [0.4, 0.5) is 0 Å². The summed E-state index contributed by atoms with van der Waals surface area (Å²) in [5.74, 6) is 0. The molecule has 0 aromatic carbocycles. The number of hydrogen-bond acceptors (Lipinski definition) is 3. The Morgan fingerprint density at radius 3 is 2.12 bits per heavy atom. The maximum Gasteiger partial charge on any atom is 0.252 e. The third-order valence-corrected chi connectivity index (χ3v) is 5.66. The highest BCUT2D eigenvalue weighted by Crippen LogP contribution is 2.21. The third kappa shape index (κ3) is 0.771. The monoisotopic (exact) mass is 175 g/mol. The van der Waals surface area contributed by atoms with Crippen molar-refractivity contribution in [1.82, 2.24) is 3.23 Å². The SMILES string of the molecule is O=S1CS(=O)(=O)N1Cl. The van der Waals surface area contributed by atoms with Crippen molar-refractivity contribution >= 4 is 32.8 Å². The first-order valence-electron chi connectivity index (χ1n) is 1.61. The zero-order valence-corrected chi connectivity index (χ0v) is 5.96.